The van der Waals surface area contributed by atoms with Crippen LogP contribution in [0.15, 0.2) is 0 Å². The number of halogens is 2. The molecule has 0 N–H and O–H groups in total. The summed E-state index contributed by atoms with van der Waals surface area (Å²) < 4.78 is 19.1. The third-order valence-corrected chi connectivity index (χ3v) is 0. The molecule has 0 saturated carbocycles. The summed E-state index contributed by atoms with van der Waals surface area (Å²) in [7, 11) is 0. The van der Waals surface area contributed by atoms with E-state index >= 15 is 0 Å². The quantitative estimate of drug-likeness (QED) is 0.466. The molecule has 0 nitrogen and oxygen atoms in total. The molecule has 0 saturated heterocycles. The Morgan fingerprint density at radius 1 is 1.25 bits per heavy atom. The Balaban J connectivity index is 0. The van der Waals surface area contributed by atoms with Crippen LogP contribution < -0.4 is 0 Å². The predicted molar refractivity (Wildman–Crippen MR) is 2.22 cm³/mol. The fraction of sp³-hybridized carbons (Fsp3) is 0. The van der Waals surface area contributed by atoms with Crippen molar-refractivity contribution in [2.45, 2.75) is 0 Å². The molecule has 0 atom stereocenters. The van der Waals surface area contributed by atoms with Gasteiger partial charge in [0.2, 0.25) is 0 Å². The van der Waals surface area contributed by atoms with Gasteiger partial charge in [0, 0.05) is 0 Å². The molecule has 34 valence electrons. The van der Waals surface area contributed by atoms with Crippen LogP contribution in [0.3, 0.4) is 0 Å². The second kappa shape index (κ2) is 9.09. The van der Waals surface area contributed by atoms with Crippen LogP contribution in [0, 0.1) is 0 Å². The molecule has 4 heteroatoms. The number of rotatable bonds is 0. The van der Waals surface area contributed by atoms with E-state index in [0.29, 0.717) is 0 Å². The Labute approximate surface area is 40.5 Å². The first-order valence-electron chi connectivity index (χ1n) is 0.228. The van der Waals surface area contributed by atoms with Gasteiger partial charge in [0.05, 0.1) is 0 Å². The molecular formula is Cu2F2+2. The maximum atomic E-state index is 9.53. The van der Waals surface area contributed by atoms with Crippen LogP contribution in [-0.2, 0) is 32.9 Å². The van der Waals surface area contributed by atoms with Crippen molar-refractivity contribution in [2.75, 3.05) is 0 Å². The second-order valence-electron chi connectivity index (χ2n) is 0.0431. The minimum absolute atomic E-state index is 0. The van der Waals surface area contributed by atoms with Crippen LogP contribution in [0.1, 0.15) is 0 Å². The molecule has 0 spiro atoms. The van der Waals surface area contributed by atoms with E-state index in [2.05, 4.69) is 0 Å². The molecule has 0 aliphatic carbocycles. The van der Waals surface area contributed by atoms with Gasteiger partial charge in [0.15, 0.2) is 0 Å². The Kier molecular flexibility index (Phi) is 20.1. The molecule has 0 aliphatic heterocycles. The van der Waals surface area contributed by atoms with Gasteiger partial charge < -0.3 is 0 Å². The number of hydrogen-bond donors (Lipinski definition) is 0. The van der Waals surface area contributed by atoms with Crippen LogP contribution >= 0.6 is 0 Å². The van der Waals surface area contributed by atoms with Gasteiger partial charge in [-0.05, 0) is 0 Å². The van der Waals surface area contributed by atoms with E-state index in [1.807, 2.05) is 0 Å². The summed E-state index contributed by atoms with van der Waals surface area (Å²) in [5.41, 5.74) is 0. The molecule has 0 amide bonds. The summed E-state index contributed by atoms with van der Waals surface area (Å²) in [5.74, 6) is 0. The third-order valence-electron chi connectivity index (χ3n) is 0. The molecule has 1 radical (unpaired) electrons. The van der Waals surface area contributed by atoms with Crippen molar-refractivity contribution in [3.63, 3.8) is 0 Å². The normalized spacial score (nSPS) is 5.50. The average Bonchev–Trinajstić information content (AvgIpc) is 0.918. The minimum atomic E-state index is -1.19. The van der Waals surface area contributed by atoms with E-state index in [0.717, 1.165) is 0 Å². The number of hydrogen-bond acceptors (Lipinski definition) is 0. The van der Waals surface area contributed by atoms with Crippen molar-refractivity contribution < 1.29 is 40.0 Å². The first-order chi connectivity index (χ1) is 1.41. The van der Waals surface area contributed by atoms with Crippen LogP contribution in [0.2, 0.25) is 0 Å². The summed E-state index contributed by atoms with van der Waals surface area (Å²) in [4.78, 5) is 0. The molecule has 0 rings (SSSR count). The van der Waals surface area contributed by atoms with Gasteiger partial charge in [-0.3, -0.25) is 0 Å². The fourth-order valence-corrected chi connectivity index (χ4v) is 0. The van der Waals surface area contributed by atoms with E-state index in [9.17, 15) is 7.10 Å². The van der Waals surface area contributed by atoms with Crippen molar-refractivity contribution in [1.29, 1.82) is 0 Å². The molecule has 0 aliphatic rings. The van der Waals surface area contributed by atoms with Crippen molar-refractivity contribution in [3.05, 3.63) is 0 Å². The van der Waals surface area contributed by atoms with E-state index in [1.54, 1.807) is 0 Å². The van der Waals surface area contributed by atoms with Gasteiger partial charge in [-0.25, -0.2) is 0 Å². The summed E-state index contributed by atoms with van der Waals surface area (Å²) in [6.45, 7) is 0. The Bertz CT molecular complexity index is 4.00. The Morgan fingerprint density at radius 2 is 1.25 bits per heavy atom. The molecule has 0 fully saturated rings. The van der Waals surface area contributed by atoms with Gasteiger partial charge in [0.25, 0.3) is 0 Å². The zero-order valence-corrected chi connectivity index (χ0v) is 3.24. The van der Waals surface area contributed by atoms with Gasteiger partial charge in [-0.1, -0.05) is 0 Å². The molecular weight excluding hydrogens is 165 g/mol. The molecule has 4 heavy (non-hydrogen) atoms. The van der Waals surface area contributed by atoms with E-state index in [-0.39, 0.29) is 17.1 Å². The molecule has 0 aromatic rings. The molecule has 0 unspecified atom stereocenters. The molecule has 0 aromatic carbocycles. The van der Waals surface area contributed by atoms with Crippen molar-refractivity contribution in [2.24, 2.45) is 0 Å². The van der Waals surface area contributed by atoms with Gasteiger partial charge >= 0.3 is 40.0 Å². The van der Waals surface area contributed by atoms with Gasteiger partial charge in [-0.15, -0.1) is 0 Å². The predicted octanol–water partition coefficient (Wildman–Crippen LogP) is 0.835. The Morgan fingerprint density at radius 3 is 1.25 bits per heavy atom. The van der Waals surface area contributed by atoms with E-state index < -0.39 is 15.9 Å². The van der Waals surface area contributed by atoms with Crippen molar-refractivity contribution in [1.82, 2.24) is 0 Å². The summed E-state index contributed by atoms with van der Waals surface area (Å²) in [6.07, 6.45) is 0. The topological polar surface area (TPSA) is 0 Å². The van der Waals surface area contributed by atoms with E-state index in [4.69, 9.17) is 0 Å². The first-order valence-corrected chi connectivity index (χ1v) is 0.940. The van der Waals surface area contributed by atoms with Gasteiger partial charge in [-0.2, -0.15) is 0 Å². The zero-order valence-electron chi connectivity index (χ0n) is 1.36. The summed E-state index contributed by atoms with van der Waals surface area (Å²) in [6, 6.07) is 0. The average molecular weight is 165 g/mol. The van der Waals surface area contributed by atoms with Gasteiger partial charge in [0.1, 0.15) is 0 Å². The Hall–Kier alpha value is 0.899. The van der Waals surface area contributed by atoms with Crippen LogP contribution in [0.25, 0.3) is 0 Å². The van der Waals surface area contributed by atoms with Crippen LogP contribution in [-0.4, -0.2) is 0 Å². The summed E-state index contributed by atoms with van der Waals surface area (Å²) in [5, 5.41) is 0. The SMILES string of the molecule is [Cu+2].[F][Cu][F]. The van der Waals surface area contributed by atoms with E-state index in [1.165, 1.54) is 0 Å². The summed E-state index contributed by atoms with van der Waals surface area (Å²) >= 11 is -1.19. The molecule has 0 bridgehead atoms. The monoisotopic (exact) mass is 164 g/mol. The van der Waals surface area contributed by atoms with Crippen molar-refractivity contribution in [3.8, 4) is 0 Å². The maximum absolute atomic E-state index is 9.53. The second-order valence-corrected chi connectivity index (χ2v) is 0.178. The fourth-order valence-electron chi connectivity index (χ4n) is 0. The molecule has 0 heterocycles. The van der Waals surface area contributed by atoms with Crippen LogP contribution in [0.5, 0.6) is 0 Å². The first kappa shape index (κ1) is 8.86. The van der Waals surface area contributed by atoms with Crippen LogP contribution in [0.4, 0.5) is 7.10 Å². The molecule has 0 aromatic heterocycles. The van der Waals surface area contributed by atoms with Crippen molar-refractivity contribution >= 4 is 0 Å². The third kappa shape index (κ3) is 12.9. The zero-order chi connectivity index (χ0) is 2.71. The standard InChI is InChI=1S/2Cu.2FH/h;;2*1H/q2*+2;;/p-2.